The molecule has 17 heavy (non-hydrogen) atoms. The van der Waals surface area contributed by atoms with Crippen LogP contribution in [0.15, 0.2) is 30.5 Å². The molecule has 0 saturated carbocycles. The number of aromatic nitrogens is 2. The highest BCUT2D eigenvalue weighted by atomic mass is 16.3. The van der Waals surface area contributed by atoms with Crippen molar-refractivity contribution in [1.29, 1.82) is 0 Å². The summed E-state index contributed by atoms with van der Waals surface area (Å²) in [5.74, 6) is 0.992. The second-order valence-electron chi connectivity index (χ2n) is 4.33. The largest absolute Gasteiger partial charge is 0.382 e. The van der Waals surface area contributed by atoms with Crippen molar-refractivity contribution in [2.45, 2.75) is 26.4 Å². The van der Waals surface area contributed by atoms with Gasteiger partial charge in [0.05, 0.1) is 11.9 Å². The molecule has 90 valence electrons. The van der Waals surface area contributed by atoms with Gasteiger partial charge in [0.1, 0.15) is 11.9 Å². The van der Waals surface area contributed by atoms with Crippen molar-refractivity contribution in [3.8, 4) is 0 Å². The molecule has 2 rings (SSSR count). The van der Waals surface area contributed by atoms with Crippen LogP contribution in [0.4, 0.5) is 0 Å². The first-order valence-corrected chi connectivity index (χ1v) is 5.88. The van der Waals surface area contributed by atoms with Crippen LogP contribution in [-0.2, 0) is 13.5 Å². The normalized spacial score (nSPS) is 12.7. The minimum atomic E-state index is -0.603. The van der Waals surface area contributed by atoms with E-state index in [0.29, 0.717) is 0 Å². The highest BCUT2D eigenvalue weighted by molar-refractivity contribution is 5.28. The molecule has 0 aliphatic rings. The van der Waals surface area contributed by atoms with Crippen molar-refractivity contribution >= 4 is 0 Å². The highest BCUT2D eigenvalue weighted by Crippen LogP contribution is 2.22. The molecule has 1 atom stereocenters. The van der Waals surface area contributed by atoms with Crippen LogP contribution >= 0.6 is 0 Å². The van der Waals surface area contributed by atoms with E-state index in [0.717, 1.165) is 23.5 Å². The van der Waals surface area contributed by atoms with Gasteiger partial charge >= 0.3 is 0 Å². The molecule has 0 fully saturated rings. The molecular formula is C14H18N2O. The van der Waals surface area contributed by atoms with Crippen LogP contribution in [0.1, 0.15) is 35.7 Å². The van der Waals surface area contributed by atoms with Crippen LogP contribution in [-0.4, -0.2) is 14.7 Å². The number of hydrogen-bond acceptors (Lipinski definition) is 2. The third kappa shape index (κ3) is 2.24. The maximum Gasteiger partial charge on any atom is 0.121 e. The van der Waals surface area contributed by atoms with E-state index in [1.807, 2.05) is 42.8 Å². The molecule has 0 unspecified atom stereocenters. The average Bonchev–Trinajstić information content (AvgIpc) is 2.70. The van der Waals surface area contributed by atoms with E-state index in [1.54, 1.807) is 6.20 Å². The molecule has 0 bridgehead atoms. The van der Waals surface area contributed by atoms with Crippen molar-refractivity contribution in [2.24, 2.45) is 7.05 Å². The van der Waals surface area contributed by atoms with Gasteiger partial charge in [0.2, 0.25) is 0 Å². The summed E-state index contributed by atoms with van der Waals surface area (Å²) >= 11 is 0. The summed E-state index contributed by atoms with van der Waals surface area (Å²) in [5.41, 5.74) is 2.94. The zero-order chi connectivity index (χ0) is 12.4. The Balaban J connectivity index is 2.33. The zero-order valence-electron chi connectivity index (χ0n) is 10.5. The van der Waals surface area contributed by atoms with Gasteiger partial charge in [-0.3, -0.25) is 0 Å². The quantitative estimate of drug-likeness (QED) is 0.879. The second-order valence-corrected chi connectivity index (χ2v) is 4.33. The van der Waals surface area contributed by atoms with Gasteiger partial charge in [-0.15, -0.1) is 0 Å². The number of rotatable bonds is 3. The van der Waals surface area contributed by atoms with Crippen LogP contribution in [0.3, 0.4) is 0 Å². The van der Waals surface area contributed by atoms with Crippen LogP contribution in [0.25, 0.3) is 0 Å². The Morgan fingerprint density at radius 1 is 1.29 bits per heavy atom. The first-order valence-electron chi connectivity index (χ1n) is 5.88. The molecule has 1 aromatic carbocycles. The Hall–Kier alpha value is -1.61. The van der Waals surface area contributed by atoms with E-state index in [4.69, 9.17) is 0 Å². The summed E-state index contributed by atoms with van der Waals surface area (Å²) in [6.07, 6.45) is 2.02. The highest BCUT2D eigenvalue weighted by Gasteiger charge is 2.15. The molecule has 0 aliphatic heterocycles. The summed E-state index contributed by atoms with van der Waals surface area (Å²) in [4.78, 5) is 4.30. The molecule has 0 aliphatic carbocycles. The van der Waals surface area contributed by atoms with Crippen LogP contribution in [0, 0.1) is 6.92 Å². The summed E-state index contributed by atoms with van der Waals surface area (Å²) in [5, 5.41) is 10.3. The van der Waals surface area contributed by atoms with E-state index < -0.39 is 6.10 Å². The minimum Gasteiger partial charge on any atom is -0.382 e. The van der Waals surface area contributed by atoms with Crippen molar-refractivity contribution < 1.29 is 5.11 Å². The number of aliphatic hydroxyl groups is 1. The third-order valence-corrected chi connectivity index (χ3v) is 3.11. The van der Waals surface area contributed by atoms with Gasteiger partial charge in [-0.1, -0.05) is 36.8 Å². The Bertz CT molecular complexity index is 499. The average molecular weight is 230 g/mol. The fraction of sp³-hybridized carbons (Fsp3) is 0.357. The summed E-state index contributed by atoms with van der Waals surface area (Å²) in [7, 11) is 1.94. The summed E-state index contributed by atoms with van der Waals surface area (Å²) in [6.45, 7) is 4.10. The van der Waals surface area contributed by atoms with Crippen molar-refractivity contribution in [2.75, 3.05) is 0 Å². The van der Waals surface area contributed by atoms with Gasteiger partial charge in [-0.05, 0) is 12.5 Å². The molecule has 1 aromatic heterocycles. The molecule has 0 amide bonds. The topological polar surface area (TPSA) is 38.1 Å². The van der Waals surface area contributed by atoms with Gasteiger partial charge in [0.15, 0.2) is 0 Å². The van der Waals surface area contributed by atoms with Crippen molar-refractivity contribution in [3.05, 3.63) is 53.1 Å². The number of aryl methyl sites for hydroxylation is 2. The number of imidazole rings is 1. The van der Waals surface area contributed by atoms with Gasteiger partial charge in [0.25, 0.3) is 0 Å². The summed E-state index contributed by atoms with van der Waals surface area (Å²) < 4.78 is 1.96. The van der Waals surface area contributed by atoms with E-state index in [2.05, 4.69) is 11.9 Å². The van der Waals surface area contributed by atoms with E-state index in [9.17, 15) is 5.11 Å². The minimum absolute atomic E-state index is 0.603. The lowest BCUT2D eigenvalue weighted by Gasteiger charge is -2.12. The second kappa shape index (κ2) is 4.72. The lowest BCUT2D eigenvalue weighted by atomic mass is 10.1. The predicted octanol–water partition coefficient (Wildman–Crippen LogP) is 2.37. The smallest absolute Gasteiger partial charge is 0.121 e. The molecule has 0 radical (unpaired) electrons. The van der Waals surface area contributed by atoms with Crippen molar-refractivity contribution in [1.82, 2.24) is 9.55 Å². The Labute approximate surface area is 102 Å². The molecular weight excluding hydrogens is 212 g/mol. The standard InChI is InChI=1S/C14H18N2O/c1-4-13-15-9-12(16(13)3)14(17)11-7-5-10(2)6-8-11/h5-9,14,17H,4H2,1-3H3/t14-/m1/s1. The molecule has 0 spiro atoms. The fourth-order valence-corrected chi connectivity index (χ4v) is 1.96. The van der Waals surface area contributed by atoms with Crippen molar-refractivity contribution in [3.63, 3.8) is 0 Å². The lowest BCUT2D eigenvalue weighted by Crippen LogP contribution is -2.07. The monoisotopic (exact) mass is 230 g/mol. The first kappa shape index (κ1) is 11.9. The van der Waals surface area contributed by atoms with Gasteiger partial charge < -0.3 is 9.67 Å². The third-order valence-electron chi connectivity index (χ3n) is 3.11. The van der Waals surface area contributed by atoms with Crippen LogP contribution < -0.4 is 0 Å². The molecule has 1 N–H and O–H groups in total. The molecule has 2 aromatic rings. The van der Waals surface area contributed by atoms with Crippen LogP contribution in [0.5, 0.6) is 0 Å². The van der Waals surface area contributed by atoms with Gasteiger partial charge in [0, 0.05) is 13.5 Å². The molecule has 0 saturated heterocycles. The Kier molecular flexibility index (Phi) is 3.29. The summed E-state index contributed by atoms with van der Waals surface area (Å²) in [6, 6.07) is 7.93. The van der Waals surface area contributed by atoms with Gasteiger partial charge in [-0.25, -0.2) is 4.98 Å². The maximum atomic E-state index is 10.3. The number of nitrogens with zero attached hydrogens (tertiary/aromatic N) is 2. The van der Waals surface area contributed by atoms with E-state index >= 15 is 0 Å². The van der Waals surface area contributed by atoms with E-state index in [-0.39, 0.29) is 0 Å². The Morgan fingerprint density at radius 2 is 1.94 bits per heavy atom. The maximum absolute atomic E-state index is 10.3. The number of benzene rings is 1. The van der Waals surface area contributed by atoms with Gasteiger partial charge in [-0.2, -0.15) is 0 Å². The molecule has 3 heteroatoms. The number of hydrogen-bond donors (Lipinski definition) is 1. The fourth-order valence-electron chi connectivity index (χ4n) is 1.96. The molecule has 1 heterocycles. The number of aliphatic hydroxyl groups excluding tert-OH is 1. The Morgan fingerprint density at radius 3 is 2.47 bits per heavy atom. The first-order chi connectivity index (χ1) is 8.13. The van der Waals surface area contributed by atoms with Crippen LogP contribution in [0.2, 0.25) is 0 Å². The lowest BCUT2D eigenvalue weighted by molar-refractivity contribution is 0.211. The predicted molar refractivity (Wildman–Crippen MR) is 67.8 cm³/mol. The zero-order valence-corrected chi connectivity index (χ0v) is 10.5. The SMILES string of the molecule is CCc1ncc([C@H](O)c2ccc(C)cc2)n1C. The molecule has 3 nitrogen and oxygen atoms in total. The van der Waals surface area contributed by atoms with E-state index in [1.165, 1.54) is 5.56 Å².